The summed E-state index contributed by atoms with van der Waals surface area (Å²) in [6.07, 6.45) is -4.25. The molecule has 2 saturated heterocycles. The van der Waals surface area contributed by atoms with Gasteiger partial charge in [-0.25, -0.2) is 4.79 Å². The van der Waals surface area contributed by atoms with Gasteiger partial charge in [-0.15, -0.1) is 0 Å². The lowest BCUT2D eigenvalue weighted by molar-refractivity contribution is -0.385. The van der Waals surface area contributed by atoms with Crippen LogP contribution in [0.5, 0.6) is 5.75 Å². The van der Waals surface area contributed by atoms with Gasteiger partial charge in [-0.05, 0) is 33.3 Å². The first kappa shape index (κ1) is 22.1. The highest BCUT2D eigenvalue weighted by atomic mass is 19.4. The number of alkyl halides is 3. The predicted molar refractivity (Wildman–Crippen MR) is 100 cm³/mol. The van der Waals surface area contributed by atoms with E-state index >= 15 is 0 Å². The van der Waals surface area contributed by atoms with Crippen molar-refractivity contribution < 1.29 is 32.4 Å². The second kappa shape index (κ2) is 7.93. The zero-order valence-electron chi connectivity index (χ0n) is 16.9. The Kier molecular flexibility index (Phi) is 5.85. The number of carbonyl (C=O) groups is 1. The van der Waals surface area contributed by atoms with Crippen LogP contribution in [-0.2, 0) is 10.9 Å². The second-order valence-electron chi connectivity index (χ2n) is 8.49. The lowest BCUT2D eigenvalue weighted by Gasteiger charge is -2.35. The summed E-state index contributed by atoms with van der Waals surface area (Å²) in [5.74, 6) is -0.198. The minimum Gasteiger partial charge on any atom is -0.492 e. The average Bonchev–Trinajstić information content (AvgIpc) is 3.19. The first-order valence-corrected chi connectivity index (χ1v) is 9.56. The molecule has 166 valence electrons. The van der Waals surface area contributed by atoms with Crippen molar-refractivity contribution in [2.75, 3.05) is 26.2 Å². The van der Waals surface area contributed by atoms with Gasteiger partial charge in [0.1, 0.15) is 18.0 Å². The Bertz CT molecular complexity index is 825. The Hall–Kier alpha value is -2.56. The Morgan fingerprint density at radius 3 is 2.43 bits per heavy atom. The van der Waals surface area contributed by atoms with Gasteiger partial charge in [0.25, 0.3) is 5.69 Å². The number of fused-ring (bicyclic) bond motifs is 2. The van der Waals surface area contributed by atoms with Crippen molar-refractivity contribution in [2.24, 2.45) is 0 Å². The number of piperazine rings is 1. The fourth-order valence-corrected chi connectivity index (χ4v) is 3.78. The van der Waals surface area contributed by atoms with Crippen LogP contribution in [0.25, 0.3) is 0 Å². The number of benzene rings is 1. The summed E-state index contributed by atoms with van der Waals surface area (Å²) in [6, 6.07) is 2.38. The maximum Gasteiger partial charge on any atom is 0.416 e. The van der Waals surface area contributed by atoms with Crippen molar-refractivity contribution in [3.63, 3.8) is 0 Å². The molecule has 0 aromatic heterocycles. The molecule has 2 heterocycles. The molecule has 2 atom stereocenters. The Morgan fingerprint density at radius 2 is 1.90 bits per heavy atom. The van der Waals surface area contributed by atoms with Crippen LogP contribution in [0.2, 0.25) is 0 Å². The fourth-order valence-electron chi connectivity index (χ4n) is 3.78. The highest BCUT2D eigenvalue weighted by Crippen LogP contribution is 2.35. The molecule has 1 unspecified atom stereocenters. The van der Waals surface area contributed by atoms with Crippen molar-refractivity contribution in [1.29, 1.82) is 0 Å². The quantitative estimate of drug-likeness (QED) is 0.522. The lowest BCUT2D eigenvalue weighted by atomic mass is 10.2. The number of hydrogen-bond acceptors (Lipinski definition) is 6. The van der Waals surface area contributed by atoms with Crippen LogP contribution in [0, 0.1) is 10.1 Å². The largest absolute Gasteiger partial charge is 0.492 e. The summed E-state index contributed by atoms with van der Waals surface area (Å²) < 4.78 is 49.7. The molecule has 30 heavy (non-hydrogen) atoms. The number of ether oxygens (including phenoxy) is 2. The van der Waals surface area contributed by atoms with Crippen LogP contribution in [0.4, 0.5) is 23.7 Å². The van der Waals surface area contributed by atoms with Crippen LogP contribution < -0.4 is 4.74 Å². The molecule has 2 aliphatic rings. The summed E-state index contributed by atoms with van der Waals surface area (Å²) in [7, 11) is 0. The Morgan fingerprint density at radius 1 is 1.20 bits per heavy atom. The molecule has 0 radical (unpaired) electrons. The van der Waals surface area contributed by atoms with E-state index in [4.69, 9.17) is 9.47 Å². The Labute approximate surface area is 171 Å². The van der Waals surface area contributed by atoms with Crippen LogP contribution in [0.15, 0.2) is 18.2 Å². The number of nitro benzene ring substituents is 1. The maximum absolute atomic E-state index is 13.0. The van der Waals surface area contributed by atoms with E-state index in [1.807, 2.05) is 0 Å². The van der Waals surface area contributed by atoms with E-state index in [1.165, 1.54) is 0 Å². The summed E-state index contributed by atoms with van der Waals surface area (Å²) in [5.41, 5.74) is -2.37. The lowest BCUT2D eigenvalue weighted by Crippen LogP contribution is -2.50. The van der Waals surface area contributed by atoms with Gasteiger partial charge in [0.15, 0.2) is 0 Å². The zero-order valence-corrected chi connectivity index (χ0v) is 16.9. The molecule has 0 spiro atoms. The third kappa shape index (κ3) is 5.13. The summed E-state index contributed by atoms with van der Waals surface area (Å²) in [6.45, 7) is 7.08. The summed E-state index contributed by atoms with van der Waals surface area (Å²) >= 11 is 0. The van der Waals surface area contributed by atoms with E-state index in [-0.39, 0.29) is 30.5 Å². The average molecular weight is 431 g/mol. The molecule has 11 heteroatoms. The molecule has 2 fully saturated rings. The van der Waals surface area contributed by atoms with Gasteiger partial charge >= 0.3 is 12.3 Å². The molecule has 0 saturated carbocycles. The molecule has 1 aromatic rings. The van der Waals surface area contributed by atoms with Gasteiger partial charge < -0.3 is 14.4 Å². The topological polar surface area (TPSA) is 85.2 Å². The Balaban J connectivity index is 1.55. The highest BCUT2D eigenvalue weighted by Gasteiger charge is 2.46. The van der Waals surface area contributed by atoms with Gasteiger partial charge in [0.2, 0.25) is 0 Å². The van der Waals surface area contributed by atoms with E-state index in [0.717, 1.165) is 18.6 Å². The predicted octanol–water partition coefficient (Wildman–Crippen LogP) is 3.69. The third-order valence-electron chi connectivity index (χ3n) is 5.06. The van der Waals surface area contributed by atoms with Crippen molar-refractivity contribution in [1.82, 2.24) is 9.80 Å². The second-order valence-corrected chi connectivity index (χ2v) is 8.49. The SMILES string of the molecule is CC(C)(C)OC(=O)N1CC2C[C@@H]1CN2CCOc1cc([N+](=O)[O-])cc(C(F)(F)F)c1. The maximum atomic E-state index is 13.0. The number of rotatable bonds is 5. The number of likely N-dealkylation sites (tertiary alicyclic amines) is 2. The molecular weight excluding hydrogens is 407 g/mol. The van der Waals surface area contributed by atoms with E-state index in [2.05, 4.69) is 4.90 Å². The zero-order chi connectivity index (χ0) is 22.3. The monoisotopic (exact) mass is 431 g/mol. The minimum absolute atomic E-state index is 0.0273. The van der Waals surface area contributed by atoms with Gasteiger partial charge in [0, 0.05) is 37.8 Å². The number of carbonyl (C=O) groups excluding carboxylic acids is 1. The minimum atomic E-state index is -4.71. The molecule has 1 aromatic carbocycles. The number of nitro groups is 1. The number of amides is 1. The van der Waals surface area contributed by atoms with E-state index in [1.54, 1.807) is 25.7 Å². The van der Waals surface area contributed by atoms with Crippen molar-refractivity contribution in [3.8, 4) is 5.75 Å². The van der Waals surface area contributed by atoms with E-state index < -0.39 is 28.0 Å². The van der Waals surface area contributed by atoms with Crippen molar-refractivity contribution in [2.45, 2.75) is 51.1 Å². The molecular formula is C19H24F3N3O5. The van der Waals surface area contributed by atoms with Crippen molar-refractivity contribution >= 4 is 11.8 Å². The van der Waals surface area contributed by atoms with Crippen LogP contribution in [-0.4, -0.2) is 64.7 Å². The normalized spacial score (nSPS) is 21.7. The molecule has 3 rings (SSSR count). The van der Waals surface area contributed by atoms with Crippen molar-refractivity contribution in [3.05, 3.63) is 33.9 Å². The molecule has 0 aliphatic carbocycles. The standard InChI is InChI=1S/C19H24F3N3O5/c1-18(2,3)30-17(26)24-11-14-8-15(24)10-23(14)4-5-29-16-7-12(19(20,21)22)6-13(9-16)25(27)28/h6-7,9,14-15H,4-5,8,10-11H2,1-3H3/t14?,15-/m1/s1. The van der Waals surface area contributed by atoms with Crippen LogP contribution in [0.3, 0.4) is 0 Å². The summed E-state index contributed by atoms with van der Waals surface area (Å²) in [4.78, 5) is 26.1. The first-order chi connectivity index (χ1) is 13.8. The molecule has 0 N–H and O–H groups in total. The smallest absolute Gasteiger partial charge is 0.416 e. The third-order valence-corrected chi connectivity index (χ3v) is 5.06. The van der Waals surface area contributed by atoms with Gasteiger partial charge in [-0.1, -0.05) is 0 Å². The number of halogens is 3. The van der Waals surface area contributed by atoms with Crippen LogP contribution in [0.1, 0.15) is 32.8 Å². The van der Waals surface area contributed by atoms with Gasteiger partial charge in [0.05, 0.1) is 16.6 Å². The fraction of sp³-hybridized carbons (Fsp3) is 0.632. The molecule has 2 aliphatic heterocycles. The first-order valence-electron chi connectivity index (χ1n) is 9.56. The van der Waals surface area contributed by atoms with Gasteiger partial charge in [-0.2, -0.15) is 13.2 Å². The number of hydrogen-bond donors (Lipinski definition) is 0. The van der Waals surface area contributed by atoms with Crippen LogP contribution >= 0.6 is 0 Å². The van der Waals surface area contributed by atoms with E-state index in [9.17, 15) is 28.1 Å². The number of nitrogens with zero attached hydrogens (tertiary/aromatic N) is 3. The van der Waals surface area contributed by atoms with E-state index in [0.29, 0.717) is 25.7 Å². The molecule has 2 bridgehead atoms. The summed E-state index contributed by atoms with van der Waals surface area (Å²) in [5, 5.41) is 10.9. The molecule has 1 amide bonds. The van der Waals surface area contributed by atoms with Gasteiger partial charge in [-0.3, -0.25) is 15.0 Å². The number of non-ortho nitro benzene ring substituents is 1. The molecule has 8 nitrogen and oxygen atoms in total. The highest BCUT2D eigenvalue weighted by molar-refractivity contribution is 5.69.